The lowest BCUT2D eigenvalue weighted by molar-refractivity contribution is 0.0600. The van der Waals surface area contributed by atoms with Gasteiger partial charge in [0.05, 0.1) is 34.1 Å². The molecule has 0 aliphatic rings. The number of hydrogen-bond donors (Lipinski definition) is 2. The van der Waals surface area contributed by atoms with E-state index in [4.69, 9.17) is 27.9 Å². The molecule has 3 aromatic heterocycles. The van der Waals surface area contributed by atoms with Gasteiger partial charge in [-0.3, -0.25) is 14.8 Å². The van der Waals surface area contributed by atoms with Gasteiger partial charge in [-0.1, -0.05) is 41.4 Å². The summed E-state index contributed by atoms with van der Waals surface area (Å²) in [5.41, 5.74) is 2.57. The highest BCUT2D eigenvalue weighted by Crippen LogP contribution is 2.29. The zero-order valence-corrected chi connectivity index (χ0v) is 21.2. The first kappa shape index (κ1) is 25.8. The third-order valence-corrected chi connectivity index (χ3v) is 5.84. The Bertz CT molecular complexity index is 1540. The summed E-state index contributed by atoms with van der Waals surface area (Å²) in [4.78, 5) is 45.4. The second-order valence-electron chi connectivity index (χ2n) is 7.66. The molecule has 3 heterocycles. The van der Waals surface area contributed by atoms with Gasteiger partial charge in [0.2, 0.25) is 0 Å². The van der Waals surface area contributed by atoms with Gasteiger partial charge in [0, 0.05) is 42.5 Å². The maximum atomic E-state index is 12.9. The van der Waals surface area contributed by atoms with Crippen LogP contribution in [0.4, 0.5) is 16.2 Å². The third kappa shape index (κ3) is 5.76. The van der Waals surface area contributed by atoms with Gasteiger partial charge in [-0.15, -0.1) is 0 Å². The topological polar surface area (TPSA) is 128 Å². The van der Waals surface area contributed by atoms with Crippen molar-refractivity contribution >= 4 is 46.6 Å². The zero-order valence-electron chi connectivity index (χ0n) is 19.7. The smallest absolute Gasteiger partial charge is 0.339 e. The maximum Gasteiger partial charge on any atom is 0.339 e. The lowest BCUT2D eigenvalue weighted by Gasteiger charge is -2.13. The van der Waals surface area contributed by atoms with Gasteiger partial charge in [-0.05, 0) is 30.7 Å². The molecule has 0 aliphatic heterocycles. The Morgan fingerprint density at radius 3 is 2.35 bits per heavy atom. The van der Waals surface area contributed by atoms with Gasteiger partial charge in [-0.25, -0.2) is 14.3 Å². The van der Waals surface area contributed by atoms with Crippen molar-refractivity contribution in [1.82, 2.24) is 19.7 Å². The van der Waals surface area contributed by atoms with Crippen molar-refractivity contribution in [2.24, 2.45) is 0 Å². The number of rotatable bonds is 6. The highest BCUT2D eigenvalue weighted by molar-refractivity contribution is 6.39. The number of nitrogens with zero attached hydrogens (tertiary/aromatic N) is 4. The van der Waals surface area contributed by atoms with E-state index >= 15 is 0 Å². The average Bonchev–Trinajstić information content (AvgIpc) is 2.91. The van der Waals surface area contributed by atoms with Gasteiger partial charge in [0.15, 0.2) is 0 Å². The molecular weight excluding hydrogens is 519 g/mol. The predicted octanol–water partition coefficient (Wildman–Crippen LogP) is 5.12. The van der Waals surface area contributed by atoms with Crippen molar-refractivity contribution in [1.29, 1.82) is 0 Å². The molecule has 188 valence electrons. The molecular formula is C25H20Cl2N6O4. The SMILES string of the molecule is CCn1nc(-c2cccc(-c3cncc(C(=O)OC)c3)c2)cc(NC(=O)Nc2c(Cl)cncc2Cl)c1=O. The van der Waals surface area contributed by atoms with Crippen LogP contribution in [0.15, 0.2) is 66.0 Å². The fraction of sp³-hybridized carbons (Fsp3) is 0.120. The number of benzene rings is 1. The van der Waals surface area contributed by atoms with Crippen LogP contribution in [0.25, 0.3) is 22.4 Å². The average molecular weight is 539 g/mol. The van der Waals surface area contributed by atoms with Crippen LogP contribution < -0.4 is 16.2 Å². The number of hydrogen-bond acceptors (Lipinski definition) is 7. The molecule has 0 spiro atoms. The van der Waals surface area contributed by atoms with E-state index in [0.29, 0.717) is 22.4 Å². The molecule has 12 heteroatoms. The molecule has 4 aromatic rings. The zero-order chi connectivity index (χ0) is 26.5. The number of urea groups is 1. The minimum atomic E-state index is -0.716. The molecule has 0 bridgehead atoms. The summed E-state index contributed by atoms with van der Waals surface area (Å²) in [5.74, 6) is -0.495. The lowest BCUT2D eigenvalue weighted by atomic mass is 10.0. The number of anilines is 2. The van der Waals surface area contributed by atoms with Gasteiger partial charge in [-0.2, -0.15) is 5.10 Å². The van der Waals surface area contributed by atoms with Gasteiger partial charge < -0.3 is 15.4 Å². The van der Waals surface area contributed by atoms with Crippen molar-refractivity contribution in [3.63, 3.8) is 0 Å². The van der Waals surface area contributed by atoms with Crippen LogP contribution in [0.1, 0.15) is 17.3 Å². The Morgan fingerprint density at radius 2 is 1.65 bits per heavy atom. The molecule has 37 heavy (non-hydrogen) atoms. The predicted molar refractivity (Wildman–Crippen MR) is 141 cm³/mol. The van der Waals surface area contributed by atoms with Crippen molar-refractivity contribution in [2.75, 3.05) is 17.7 Å². The number of ether oxygens (including phenoxy) is 1. The number of pyridine rings is 2. The summed E-state index contributed by atoms with van der Waals surface area (Å²) < 4.78 is 6.01. The van der Waals surface area contributed by atoms with Crippen LogP contribution in [0.2, 0.25) is 10.0 Å². The molecule has 2 amide bonds. The molecule has 0 unspecified atom stereocenters. The summed E-state index contributed by atoms with van der Waals surface area (Å²) in [7, 11) is 1.30. The Hall–Kier alpha value is -4.28. The first-order valence-corrected chi connectivity index (χ1v) is 11.7. The number of aryl methyl sites for hydroxylation is 1. The fourth-order valence-corrected chi connectivity index (χ4v) is 3.93. The number of esters is 1. The highest BCUT2D eigenvalue weighted by atomic mass is 35.5. The summed E-state index contributed by atoms with van der Waals surface area (Å²) in [6, 6.07) is 9.75. The first-order chi connectivity index (χ1) is 17.8. The van der Waals surface area contributed by atoms with E-state index in [0.717, 1.165) is 5.56 Å². The van der Waals surface area contributed by atoms with Crippen molar-refractivity contribution < 1.29 is 14.3 Å². The lowest BCUT2D eigenvalue weighted by Crippen LogP contribution is -2.29. The number of carbonyl (C=O) groups is 2. The quantitative estimate of drug-likeness (QED) is 0.326. The standard InChI is InChI=1S/C25H20Cl2N6O4/c1-3-33-23(34)21(30-25(36)31-22-18(26)12-29-13-19(22)27)9-20(32-33)15-6-4-5-14(7-15)16-8-17(11-28-10-16)24(35)37-2/h4-13H,3H2,1-2H3,(H2,29,30,31,36). The molecule has 0 atom stereocenters. The molecule has 0 aliphatic carbocycles. The highest BCUT2D eigenvalue weighted by Gasteiger charge is 2.15. The Balaban J connectivity index is 1.67. The van der Waals surface area contributed by atoms with Crippen molar-refractivity contribution in [3.05, 3.63) is 87.1 Å². The van der Waals surface area contributed by atoms with Crippen LogP contribution in [-0.2, 0) is 11.3 Å². The fourth-order valence-electron chi connectivity index (χ4n) is 3.47. The molecule has 0 saturated carbocycles. The number of methoxy groups -OCH3 is 1. The molecule has 10 nitrogen and oxygen atoms in total. The number of aromatic nitrogens is 4. The second-order valence-corrected chi connectivity index (χ2v) is 8.47. The Kier molecular flexibility index (Phi) is 7.80. The van der Waals surface area contributed by atoms with Gasteiger partial charge >= 0.3 is 12.0 Å². The Morgan fingerprint density at radius 1 is 0.946 bits per heavy atom. The number of amides is 2. The minimum Gasteiger partial charge on any atom is -0.465 e. The normalized spacial score (nSPS) is 10.6. The third-order valence-electron chi connectivity index (χ3n) is 5.27. The molecule has 0 fully saturated rings. The minimum absolute atomic E-state index is 0.00501. The summed E-state index contributed by atoms with van der Waals surface area (Å²) in [6.07, 6.45) is 5.72. The molecule has 0 radical (unpaired) electrons. The molecule has 0 saturated heterocycles. The van der Waals surface area contributed by atoms with Crippen LogP contribution in [0.3, 0.4) is 0 Å². The second kappa shape index (κ2) is 11.2. The van der Waals surface area contributed by atoms with E-state index in [-0.39, 0.29) is 28.0 Å². The van der Waals surface area contributed by atoms with E-state index < -0.39 is 17.6 Å². The van der Waals surface area contributed by atoms with Crippen LogP contribution in [-0.4, -0.2) is 38.9 Å². The number of halogens is 2. The monoisotopic (exact) mass is 538 g/mol. The Labute approximate surface area is 221 Å². The summed E-state index contributed by atoms with van der Waals surface area (Å²) >= 11 is 12.1. The van der Waals surface area contributed by atoms with Crippen LogP contribution >= 0.6 is 23.2 Å². The largest absolute Gasteiger partial charge is 0.465 e. The van der Waals surface area contributed by atoms with E-state index in [9.17, 15) is 14.4 Å². The molecule has 2 N–H and O–H groups in total. The van der Waals surface area contributed by atoms with E-state index in [2.05, 4.69) is 25.7 Å². The van der Waals surface area contributed by atoms with E-state index in [1.807, 2.05) is 24.3 Å². The van der Waals surface area contributed by atoms with Crippen LogP contribution in [0.5, 0.6) is 0 Å². The molecule has 4 rings (SSSR count). The van der Waals surface area contributed by atoms with E-state index in [1.54, 1.807) is 19.2 Å². The summed E-state index contributed by atoms with van der Waals surface area (Å²) in [6.45, 7) is 2.04. The number of nitrogens with one attached hydrogen (secondary N) is 2. The van der Waals surface area contributed by atoms with Crippen molar-refractivity contribution in [2.45, 2.75) is 13.5 Å². The number of carbonyl (C=O) groups excluding carboxylic acids is 2. The summed E-state index contributed by atoms with van der Waals surface area (Å²) in [5, 5.41) is 9.80. The van der Waals surface area contributed by atoms with Gasteiger partial charge in [0.1, 0.15) is 5.69 Å². The van der Waals surface area contributed by atoms with Gasteiger partial charge in [0.25, 0.3) is 5.56 Å². The van der Waals surface area contributed by atoms with Crippen molar-refractivity contribution in [3.8, 4) is 22.4 Å². The molecule has 1 aromatic carbocycles. The van der Waals surface area contributed by atoms with Crippen LogP contribution in [0, 0.1) is 0 Å². The first-order valence-electron chi connectivity index (χ1n) is 10.9. The van der Waals surface area contributed by atoms with E-state index in [1.165, 1.54) is 36.4 Å². The maximum absolute atomic E-state index is 12.9.